The van der Waals surface area contributed by atoms with Gasteiger partial charge in [0.1, 0.15) is 0 Å². The highest BCUT2D eigenvalue weighted by atomic mass is 16.5. The van der Waals surface area contributed by atoms with Crippen LogP contribution in [0.4, 0.5) is 5.69 Å². The Labute approximate surface area is 154 Å². The van der Waals surface area contributed by atoms with E-state index in [4.69, 9.17) is 10.5 Å². The van der Waals surface area contributed by atoms with Gasteiger partial charge in [0.25, 0.3) is 0 Å². The number of ether oxygens (including phenoxy) is 1. The van der Waals surface area contributed by atoms with Gasteiger partial charge in [-0.05, 0) is 24.3 Å². The van der Waals surface area contributed by atoms with Crippen LogP contribution in [0.25, 0.3) is 16.6 Å². The third-order valence-corrected chi connectivity index (χ3v) is 4.21. The van der Waals surface area contributed by atoms with Gasteiger partial charge in [0, 0.05) is 28.9 Å². The van der Waals surface area contributed by atoms with E-state index in [0.29, 0.717) is 16.9 Å². The summed E-state index contributed by atoms with van der Waals surface area (Å²) < 4.78 is 6.63. The third kappa shape index (κ3) is 3.18. The molecule has 134 valence electrons. The number of nitrogens with one attached hydrogen (secondary N) is 1. The lowest BCUT2D eigenvalue weighted by atomic mass is 10.1. The second kappa shape index (κ2) is 6.80. The molecule has 0 bridgehead atoms. The Morgan fingerprint density at radius 1 is 1.07 bits per heavy atom. The van der Waals surface area contributed by atoms with Crippen molar-refractivity contribution in [2.75, 3.05) is 12.3 Å². The van der Waals surface area contributed by atoms with Gasteiger partial charge in [-0.3, -0.25) is 4.79 Å². The summed E-state index contributed by atoms with van der Waals surface area (Å²) in [6.45, 7) is -0.360. The quantitative estimate of drug-likeness (QED) is 0.323. The minimum Gasteiger partial charge on any atom is -0.453 e. The van der Waals surface area contributed by atoms with Crippen molar-refractivity contribution < 1.29 is 14.3 Å². The van der Waals surface area contributed by atoms with Crippen molar-refractivity contribution in [2.24, 2.45) is 0 Å². The Kier molecular flexibility index (Phi) is 4.18. The maximum Gasteiger partial charge on any atom is 0.359 e. The van der Waals surface area contributed by atoms with Crippen LogP contribution in [-0.2, 0) is 4.74 Å². The van der Waals surface area contributed by atoms with Gasteiger partial charge in [-0.1, -0.05) is 30.3 Å². The number of anilines is 1. The predicted molar refractivity (Wildman–Crippen MR) is 101 cm³/mol. The van der Waals surface area contributed by atoms with Crippen molar-refractivity contribution >= 4 is 28.3 Å². The van der Waals surface area contributed by atoms with E-state index in [9.17, 15) is 9.59 Å². The van der Waals surface area contributed by atoms with Gasteiger partial charge >= 0.3 is 5.97 Å². The number of carbonyl (C=O) groups excluding carboxylic acids is 2. The summed E-state index contributed by atoms with van der Waals surface area (Å²) in [5, 5.41) is 4.97. The van der Waals surface area contributed by atoms with E-state index >= 15 is 0 Å². The van der Waals surface area contributed by atoms with E-state index in [1.165, 1.54) is 10.7 Å². The number of aromatic amines is 1. The first-order valence-corrected chi connectivity index (χ1v) is 8.30. The third-order valence-electron chi connectivity index (χ3n) is 4.21. The minimum atomic E-state index is -0.670. The lowest BCUT2D eigenvalue weighted by Gasteiger charge is -2.04. The second-order valence-electron chi connectivity index (χ2n) is 5.95. The van der Waals surface area contributed by atoms with E-state index in [2.05, 4.69) is 10.1 Å². The first-order chi connectivity index (χ1) is 13.1. The van der Waals surface area contributed by atoms with E-state index in [-0.39, 0.29) is 18.1 Å². The molecule has 2 aromatic heterocycles. The smallest absolute Gasteiger partial charge is 0.359 e. The zero-order chi connectivity index (χ0) is 18.8. The van der Waals surface area contributed by atoms with Crippen LogP contribution in [-0.4, -0.2) is 33.1 Å². The molecular formula is C20H16N4O3. The van der Waals surface area contributed by atoms with Gasteiger partial charge in [0.05, 0.1) is 11.4 Å². The van der Waals surface area contributed by atoms with Gasteiger partial charge < -0.3 is 15.5 Å². The summed E-state index contributed by atoms with van der Waals surface area (Å²) >= 11 is 0. The number of esters is 1. The average molecular weight is 360 g/mol. The summed E-state index contributed by atoms with van der Waals surface area (Å²) in [4.78, 5) is 27.6. The lowest BCUT2D eigenvalue weighted by Crippen LogP contribution is -2.15. The minimum absolute atomic E-state index is 0.102. The number of H-pyrrole nitrogens is 1. The number of carbonyl (C=O) groups is 2. The maximum absolute atomic E-state index is 12.4. The second-order valence-corrected chi connectivity index (χ2v) is 5.95. The van der Waals surface area contributed by atoms with Crippen molar-refractivity contribution in [1.82, 2.24) is 14.8 Å². The summed E-state index contributed by atoms with van der Waals surface area (Å²) in [7, 11) is 0. The average Bonchev–Trinajstić information content (AvgIpc) is 3.33. The summed E-state index contributed by atoms with van der Waals surface area (Å²) in [6, 6.07) is 16.1. The van der Waals surface area contributed by atoms with Crippen LogP contribution in [0.2, 0.25) is 0 Å². The number of hydrogen-bond acceptors (Lipinski definition) is 5. The molecule has 0 spiro atoms. The molecule has 0 saturated carbocycles. The molecule has 7 heteroatoms. The number of benzene rings is 2. The number of hydrogen-bond donors (Lipinski definition) is 2. The number of fused-ring (bicyclic) bond motifs is 1. The highest BCUT2D eigenvalue weighted by Gasteiger charge is 2.17. The fourth-order valence-corrected chi connectivity index (χ4v) is 2.85. The van der Waals surface area contributed by atoms with Crippen LogP contribution in [0.5, 0.6) is 0 Å². The molecule has 2 aromatic carbocycles. The van der Waals surface area contributed by atoms with Crippen molar-refractivity contribution in [3.8, 4) is 5.69 Å². The molecular weight excluding hydrogens is 344 g/mol. The Morgan fingerprint density at radius 3 is 2.70 bits per heavy atom. The molecule has 27 heavy (non-hydrogen) atoms. The van der Waals surface area contributed by atoms with E-state index in [1.54, 1.807) is 24.5 Å². The molecule has 0 saturated heterocycles. The highest BCUT2D eigenvalue weighted by molar-refractivity contribution is 6.09. The topological polar surface area (TPSA) is 103 Å². The SMILES string of the molecule is Nc1ccccc1-n1ccc(C(=O)OCC(=O)c2c[nH]c3ccccc23)n1. The monoisotopic (exact) mass is 360 g/mol. The van der Waals surface area contributed by atoms with Gasteiger partial charge in [0.2, 0.25) is 5.78 Å². The first-order valence-electron chi connectivity index (χ1n) is 8.30. The van der Waals surface area contributed by atoms with Gasteiger partial charge in [0.15, 0.2) is 12.3 Å². The van der Waals surface area contributed by atoms with Crippen molar-refractivity contribution in [2.45, 2.75) is 0 Å². The number of rotatable bonds is 5. The fraction of sp³-hybridized carbons (Fsp3) is 0.0500. The predicted octanol–water partition coefficient (Wildman–Crippen LogP) is 2.98. The molecule has 0 aliphatic heterocycles. The van der Waals surface area contributed by atoms with E-state index in [0.717, 1.165) is 10.9 Å². The van der Waals surface area contributed by atoms with Gasteiger partial charge in [-0.2, -0.15) is 5.10 Å². The van der Waals surface area contributed by atoms with Gasteiger partial charge in [-0.25, -0.2) is 9.48 Å². The summed E-state index contributed by atoms with van der Waals surface area (Å²) in [6.07, 6.45) is 3.23. The van der Waals surface area contributed by atoms with Crippen LogP contribution in [0, 0.1) is 0 Å². The molecule has 0 radical (unpaired) electrons. The molecule has 4 aromatic rings. The van der Waals surface area contributed by atoms with Crippen molar-refractivity contribution in [3.05, 3.63) is 78.2 Å². The maximum atomic E-state index is 12.4. The normalized spacial score (nSPS) is 10.8. The number of aromatic nitrogens is 3. The van der Waals surface area contributed by atoms with Gasteiger partial charge in [-0.15, -0.1) is 0 Å². The van der Waals surface area contributed by atoms with Crippen LogP contribution in [0.15, 0.2) is 67.0 Å². The molecule has 7 nitrogen and oxygen atoms in total. The highest BCUT2D eigenvalue weighted by Crippen LogP contribution is 2.19. The molecule has 4 rings (SSSR count). The number of Topliss-reactive ketones (excluding diaryl/α,β-unsaturated/α-hetero) is 1. The largest absolute Gasteiger partial charge is 0.453 e. The molecule has 3 N–H and O–H groups in total. The molecule has 0 amide bonds. The zero-order valence-corrected chi connectivity index (χ0v) is 14.3. The van der Waals surface area contributed by atoms with Crippen molar-refractivity contribution in [1.29, 1.82) is 0 Å². The first kappa shape index (κ1) is 16.6. The molecule has 0 atom stereocenters. The van der Waals surface area contributed by atoms with Crippen LogP contribution in [0.1, 0.15) is 20.8 Å². The Balaban J connectivity index is 1.46. The van der Waals surface area contributed by atoms with Crippen LogP contribution >= 0.6 is 0 Å². The number of nitrogens with zero attached hydrogens (tertiary/aromatic N) is 2. The lowest BCUT2D eigenvalue weighted by molar-refractivity contribution is 0.0469. The Morgan fingerprint density at radius 2 is 1.85 bits per heavy atom. The van der Waals surface area contributed by atoms with Crippen LogP contribution in [0.3, 0.4) is 0 Å². The molecule has 0 aliphatic carbocycles. The fourth-order valence-electron chi connectivity index (χ4n) is 2.85. The Bertz CT molecular complexity index is 1140. The molecule has 0 unspecified atom stereocenters. The molecule has 0 aliphatic rings. The summed E-state index contributed by atoms with van der Waals surface area (Å²) in [5.41, 5.74) is 8.55. The van der Waals surface area contributed by atoms with Crippen molar-refractivity contribution in [3.63, 3.8) is 0 Å². The standard InChI is InChI=1S/C20H16N4O3/c21-15-6-2-4-8-18(15)24-10-9-17(23-24)20(26)27-12-19(25)14-11-22-16-7-3-1-5-13(14)16/h1-11,22H,12,21H2. The summed E-state index contributed by atoms with van der Waals surface area (Å²) in [5.74, 6) is -0.955. The number of nitrogens with two attached hydrogens (primary N) is 1. The Hall–Kier alpha value is -3.87. The van der Waals surface area contributed by atoms with E-state index in [1.807, 2.05) is 36.4 Å². The molecule has 0 fully saturated rings. The number of para-hydroxylation sites is 3. The zero-order valence-electron chi connectivity index (χ0n) is 14.3. The number of ketones is 1. The van der Waals surface area contributed by atoms with E-state index < -0.39 is 5.97 Å². The number of nitrogen functional groups attached to an aromatic ring is 1. The van der Waals surface area contributed by atoms with Crippen LogP contribution < -0.4 is 5.73 Å². The molecule has 2 heterocycles.